The molecule has 2 N–H and O–H groups in total. The van der Waals surface area contributed by atoms with Gasteiger partial charge in [0.05, 0.1) is 24.5 Å². The topological polar surface area (TPSA) is 105 Å². The number of hydrogen-bond acceptors (Lipinski definition) is 4. The van der Waals surface area contributed by atoms with Gasteiger partial charge in [-0.05, 0) is 41.2 Å². The van der Waals surface area contributed by atoms with Gasteiger partial charge in [-0.1, -0.05) is 86.6 Å². The maximum absolute atomic E-state index is 14.1. The molecule has 1 aliphatic heterocycles. The van der Waals surface area contributed by atoms with E-state index in [4.69, 9.17) is 0 Å². The zero-order valence-electron chi connectivity index (χ0n) is 24.2. The third kappa shape index (κ3) is 6.28. The number of benzene rings is 3. The summed E-state index contributed by atoms with van der Waals surface area (Å²) in [6.45, 7) is 6.60. The first kappa shape index (κ1) is 28.8. The zero-order valence-corrected chi connectivity index (χ0v) is 24.2. The largest absolute Gasteiger partial charge is 0.480 e. The Kier molecular flexibility index (Phi) is 8.52. The Balaban J connectivity index is 1.39. The standard InChI is InChI=1S/C34H36N4O4/c1-22(2)16-31(39)36-27-15-14-24(17-23(27)3)19-37-21-35-28-20-38(30(34(41)42)18-29(28)37)33(40)32(25-10-6-4-7-11-25)26-12-8-5-9-13-26/h4-15,17,21-22,30,32H,16,18-20H2,1-3H3,(H,36,39)(H,41,42)/t30-/m0/s1. The van der Waals surface area contributed by atoms with Crippen molar-refractivity contribution in [1.82, 2.24) is 14.5 Å². The number of aryl methyl sites for hydroxylation is 1. The number of carbonyl (C=O) groups is 3. The van der Waals surface area contributed by atoms with Gasteiger partial charge in [0.25, 0.3) is 0 Å². The van der Waals surface area contributed by atoms with E-state index in [9.17, 15) is 19.5 Å². The van der Waals surface area contributed by atoms with Gasteiger partial charge in [0.15, 0.2) is 0 Å². The molecule has 1 atom stereocenters. The van der Waals surface area contributed by atoms with Crippen molar-refractivity contribution in [2.24, 2.45) is 5.92 Å². The normalized spacial score (nSPS) is 14.6. The fraction of sp³-hybridized carbons (Fsp3) is 0.294. The Morgan fingerprint density at radius 1 is 0.976 bits per heavy atom. The Morgan fingerprint density at radius 3 is 2.19 bits per heavy atom. The van der Waals surface area contributed by atoms with E-state index in [0.29, 0.717) is 18.7 Å². The van der Waals surface area contributed by atoms with Gasteiger partial charge in [-0.25, -0.2) is 9.78 Å². The number of fused-ring (bicyclic) bond motifs is 1. The average Bonchev–Trinajstić information content (AvgIpc) is 3.36. The fourth-order valence-corrected chi connectivity index (χ4v) is 5.64. The lowest BCUT2D eigenvalue weighted by Crippen LogP contribution is -2.50. The summed E-state index contributed by atoms with van der Waals surface area (Å²) in [5, 5.41) is 13.2. The first-order chi connectivity index (χ1) is 20.2. The number of aliphatic carboxylic acids is 1. The van der Waals surface area contributed by atoms with Crippen molar-refractivity contribution in [2.75, 3.05) is 5.32 Å². The van der Waals surface area contributed by atoms with Crippen LogP contribution in [0, 0.1) is 12.8 Å². The summed E-state index contributed by atoms with van der Waals surface area (Å²) in [5.41, 5.74) is 5.88. The van der Waals surface area contributed by atoms with E-state index in [1.165, 1.54) is 4.90 Å². The van der Waals surface area contributed by atoms with Crippen LogP contribution < -0.4 is 5.32 Å². The Hall–Kier alpha value is -4.72. The van der Waals surface area contributed by atoms with Gasteiger partial charge in [0.1, 0.15) is 6.04 Å². The first-order valence-corrected chi connectivity index (χ1v) is 14.3. The second kappa shape index (κ2) is 12.4. The molecule has 1 aromatic heterocycles. The molecule has 0 fully saturated rings. The molecule has 0 saturated carbocycles. The molecule has 0 bridgehead atoms. The van der Waals surface area contributed by atoms with Crippen LogP contribution in [0.15, 0.2) is 85.2 Å². The SMILES string of the molecule is Cc1cc(Cn2cnc3c2C[C@@H](C(=O)O)N(C(=O)C(c2ccccc2)c2ccccc2)C3)ccc1NC(=O)CC(C)C. The third-order valence-corrected chi connectivity index (χ3v) is 7.71. The minimum Gasteiger partial charge on any atom is -0.480 e. The van der Waals surface area contributed by atoms with E-state index in [-0.39, 0.29) is 30.7 Å². The summed E-state index contributed by atoms with van der Waals surface area (Å²) in [6, 6.07) is 23.8. The molecular weight excluding hydrogens is 528 g/mol. The van der Waals surface area contributed by atoms with Crippen LogP contribution in [0.2, 0.25) is 0 Å². The Labute approximate surface area is 246 Å². The second-order valence-electron chi connectivity index (χ2n) is 11.3. The van der Waals surface area contributed by atoms with Gasteiger partial charge in [0.2, 0.25) is 11.8 Å². The second-order valence-corrected chi connectivity index (χ2v) is 11.3. The van der Waals surface area contributed by atoms with Crippen LogP contribution >= 0.6 is 0 Å². The van der Waals surface area contributed by atoms with Crippen LogP contribution in [0.5, 0.6) is 0 Å². The molecule has 4 aromatic rings. The monoisotopic (exact) mass is 564 g/mol. The lowest BCUT2D eigenvalue weighted by Gasteiger charge is -2.35. The molecule has 1 aliphatic rings. The number of carbonyl (C=O) groups excluding carboxylic acids is 2. The molecule has 0 radical (unpaired) electrons. The maximum Gasteiger partial charge on any atom is 0.326 e. The number of anilines is 1. The molecular formula is C34H36N4O4. The quantitative estimate of drug-likeness (QED) is 0.284. The van der Waals surface area contributed by atoms with Crippen molar-refractivity contribution in [3.63, 3.8) is 0 Å². The van der Waals surface area contributed by atoms with Gasteiger partial charge in [-0.15, -0.1) is 0 Å². The van der Waals surface area contributed by atoms with Crippen molar-refractivity contribution < 1.29 is 19.5 Å². The van der Waals surface area contributed by atoms with Crippen molar-refractivity contribution in [3.8, 4) is 0 Å². The fourth-order valence-electron chi connectivity index (χ4n) is 5.64. The van der Waals surface area contributed by atoms with Crippen molar-refractivity contribution in [3.05, 3.63) is 119 Å². The molecule has 2 heterocycles. The van der Waals surface area contributed by atoms with E-state index < -0.39 is 17.9 Å². The maximum atomic E-state index is 14.1. The van der Waals surface area contributed by atoms with Gasteiger partial charge >= 0.3 is 5.97 Å². The average molecular weight is 565 g/mol. The number of rotatable bonds is 9. The molecule has 5 rings (SSSR count). The van der Waals surface area contributed by atoms with Crippen LogP contribution in [0.4, 0.5) is 5.69 Å². The number of carboxylic acid groups (broad SMARTS) is 1. The Morgan fingerprint density at radius 2 is 1.62 bits per heavy atom. The number of aromatic nitrogens is 2. The van der Waals surface area contributed by atoms with Crippen molar-refractivity contribution in [2.45, 2.75) is 58.7 Å². The summed E-state index contributed by atoms with van der Waals surface area (Å²) >= 11 is 0. The molecule has 42 heavy (non-hydrogen) atoms. The zero-order chi connectivity index (χ0) is 29.8. The highest BCUT2D eigenvalue weighted by Gasteiger charge is 2.40. The van der Waals surface area contributed by atoms with E-state index in [0.717, 1.165) is 33.6 Å². The number of nitrogens with one attached hydrogen (secondary N) is 1. The smallest absolute Gasteiger partial charge is 0.326 e. The molecule has 8 nitrogen and oxygen atoms in total. The third-order valence-electron chi connectivity index (χ3n) is 7.71. The summed E-state index contributed by atoms with van der Waals surface area (Å²) in [7, 11) is 0. The molecule has 0 unspecified atom stereocenters. The number of hydrogen-bond donors (Lipinski definition) is 2. The number of imidazole rings is 1. The van der Waals surface area contributed by atoms with Crippen LogP contribution in [0.1, 0.15) is 59.8 Å². The molecule has 8 heteroatoms. The van der Waals surface area contributed by atoms with E-state index in [1.54, 1.807) is 6.33 Å². The highest BCUT2D eigenvalue weighted by Crippen LogP contribution is 2.32. The van der Waals surface area contributed by atoms with Crippen molar-refractivity contribution >= 4 is 23.5 Å². The number of amides is 2. The van der Waals surface area contributed by atoms with E-state index in [2.05, 4.69) is 10.3 Å². The number of nitrogens with zero attached hydrogens (tertiary/aromatic N) is 3. The minimum absolute atomic E-state index is 0.00916. The van der Waals surface area contributed by atoms with E-state index in [1.807, 2.05) is 104 Å². The lowest BCUT2D eigenvalue weighted by atomic mass is 9.88. The summed E-state index contributed by atoms with van der Waals surface area (Å²) in [4.78, 5) is 45.0. The highest BCUT2D eigenvalue weighted by molar-refractivity contribution is 5.92. The van der Waals surface area contributed by atoms with Gasteiger partial charge < -0.3 is 19.9 Å². The Bertz CT molecular complexity index is 1540. The number of carboxylic acids is 1. The van der Waals surface area contributed by atoms with E-state index >= 15 is 0 Å². The summed E-state index contributed by atoms with van der Waals surface area (Å²) in [5.74, 6) is -1.66. The molecule has 0 saturated heterocycles. The summed E-state index contributed by atoms with van der Waals surface area (Å²) < 4.78 is 1.96. The van der Waals surface area contributed by atoms with Crippen LogP contribution in [0.3, 0.4) is 0 Å². The predicted octanol–water partition coefficient (Wildman–Crippen LogP) is 5.39. The predicted molar refractivity (Wildman–Crippen MR) is 161 cm³/mol. The molecule has 216 valence electrons. The summed E-state index contributed by atoms with van der Waals surface area (Å²) in [6.07, 6.45) is 2.34. The van der Waals surface area contributed by atoms with Gasteiger partial charge in [-0.3, -0.25) is 9.59 Å². The molecule has 0 spiro atoms. The lowest BCUT2D eigenvalue weighted by molar-refractivity contribution is -0.151. The van der Waals surface area contributed by atoms with Gasteiger partial charge in [0, 0.05) is 30.8 Å². The van der Waals surface area contributed by atoms with Crippen molar-refractivity contribution in [1.29, 1.82) is 0 Å². The highest BCUT2D eigenvalue weighted by atomic mass is 16.4. The van der Waals surface area contributed by atoms with Crippen LogP contribution in [0.25, 0.3) is 0 Å². The minimum atomic E-state index is -1.04. The van der Waals surface area contributed by atoms with Crippen LogP contribution in [-0.4, -0.2) is 43.4 Å². The van der Waals surface area contributed by atoms with Crippen LogP contribution in [-0.2, 0) is 33.9 Å². The first-order valence-electron chi connectivity index (χ1n) is 14.3. The van der Waals surface area contributed by atoms with Gasteiger partial charge in [-0.2, -0.15) is 0 Å². The molecule has 0 aliphatic carbocycles. The molecule has 3 aromatic carbocycles. The molecule has 2 amide bonds.